The number of benzene rings is 2. The Kier molecular flexibility index (Phi) is 7.42. The largest absolute Gasteiger partial charge is 0.493 e. The third-order valence-electron chi connectivity index (χ3n) is 6.55. The van der Waals surface area contributed by atoms with Crippen LogP contribution in [0.25, 0.3) is 6.08 Å². The van der Waals surface area contributed by atoms with Crippen molar-refractivity contribution in [2.24, 2.45) is 11.8 Å². The van der Waals surface area contributed by atoms with Crippen LogP contribution in [0.5, 0.6) is 5.75 Å². The number of likely N-dealkylation sites (tertiary alicyclic amines) is 1. The predicted octanol–water partition coefficient (Wildman–Crippen LogP) is 6.57. The molecule has 154 valence electrons. The van der Waals surface area contributed by atoms with Crippen molar-refractivity contribution >= 4 is 6.08 Å². The molecule has 2 nitrogen and oxygen atoms in total. The van der Waals surface area contributed by atoms with E-state index >= 15 is 0 Å². The maximum atomic E-state index is 6.24. The molecule has 4 rings (SSSR count). The number of rotatable bonds is 7. The molecule has 0 N–H and O–H groups in total. The Labute approximate surface area is 176 Å². The van der Waals surface area contributed by atoms with Gasteiger partial charge in [0.2, 0.25) is 0 Å². The van der Waals surface area contributed by atoms with Crippen molar-refractivity contribution in [3.63, 3.8) is 0 Å². The van der Waals surface area contributed by atoms with Gasteiger partial charge in [0.1, 0.15) is 5.75 Å². The molecule has 0 radical (unpaired) electrons. The lowest BCUT2D eigenvalue weighted by Crippen LogP contribution is -2.32. The van der Waals surface area contributed by atoms with E-state index in [1.807, 2.05) is 0 Å². The van der Waals surface area contributed by atoms with Gasteiger partial charge in [-0.1, -0.05) is 79.9 Å². The molecule has 1 aliphatic carbocycles. The van der Waals surface area contributed by atoms with Crippen LogP contribution in [0.4, 0.5) is 0 Å². The summed E-state index contributed by atoms with van der Waals surface area (Å²) in [5, 5.41) is 0. The highest BCUT2D eigenvalue weighted by Crippen LogP contribution is 2.27. The summed E-state index contributed by atoms with van der Waals surface area (Å²) in [6.07, 6.45) is 14.0. The normalized spacial score (nSPS) is 19.6. The van der Waals surface area contributed by atoms with E-state index in [4.69, 9.17) is 4.74 Å². The number of para-hydroxylation sites is 1. The molecule has 0 aromatic heterocycles. The van der Waals surface area contributed by atoms with Crippen LogP contribution in [0.1, 0.15) is 56.1 Å². The summed E-state index contributed by atoms with van der Waals surface area (Å²) in [5.74, 6) is 2.47. The number of nitrogens with zero attached hydrogens (tertiary/aromatic N) is 1. The van der Waals surface area contributed by atoms with Crippen molar-refractivity contribution in [2.45, 2.75) is 51.5 Å². The van der Waals surface area contributed by atoms with Crippen molar-refractivity contribution in [3.05, 3.63) is 71.8 Å². The third-order valence-corrected chi connectivity index (χ3v) is 6.55. The Balaban J connectivity index is 1.27. The smallest absolute Gasteiger partial charge is 0.126 e. The molecule has 2 aliphatic rings. The molecule has 0 amide bonds. The molecular weight excluding hydrogens is 354 g/mol. The Morgan fingerprint density at radius 2 is 1.55 bits per heavy atom. The lowest BCUT2D eigenvalue weighted by atomic mass is 9.90. The first-order valence-corrected chi connectivity index (χ1v) is 11.5. The van der Waals surface area contributed by atoms with Gasteiger partial charge in [0.05, 0.1) is 6.61 Å². The maximum absolute atomic E-state index is 6.24. The molecule has 2 aromatic rings. The molecule has 2 aromatic carbocycles. The Morgan fingerprint density at radius 3 is 2.34 bits per heavy atom. The third kappa shape index (κ3) is 6.21. The first-order valence-electron chi connectivity index (χ1n) is 11.5. The fraction of sp³-hybridized carbons (Fsp3) is 0.481. The number of allylic oxidation sites excluding steroid dienone is 1. The summed E-state index contributed by atoms with van der Waals surface area (Å²) in [6.45, 7) is 4.32. The summed E-state index contributed by atoms with van der Waals surface area (Å²) >= 11 is 0. The van der Waals surface area contributed by atoms with E-state index in [1.54, 1.807) is 0 Å². The van der Waals surface area contributed by atoms with Crippen LogP contribution in [0, 0.1) is 11.8 Å². The molecule has 1 aliphatic heterocycles. The quantitative estimate of drug-likeness (QED) is 0.531. The summed E-state index contributed by atoms with van der Waals surface area (Å²) < 4.78 is 6.24. The van der Waals surface area contributed by atoms with Crippen molar-refractivity contribution in [3.8, 4) is 5.75 Å². The first kappa shape index (κ1) is 20.2. The Hall–Kier alpha value is -2.06. The van der Waals surface area contributed by atoms with Gasteiger partial charge in [-0.15, -0.1) is 0 Å². The monoisotopic (exact) mass is 389 g/mol. The van der Waals surface area contributed by atoms with Crippen LogP contribution in [-0.4, -0.2) is 24.6 Å². The Morgan fingerprint density at radius 1 is 0.828 bits per heavy atom. The standard InChI is InChI=1S/C27H35NO/c1-3-9-24(10-4-1)21-28-19-17-23(18-20-28)15-16-26-13-7-8-14-27(26)29-22-25-11-5-2-6-12-25/h1,3-4,7-10,13-16,23,25H,2,5-6,11-12,17-22H2/b16-15+. The average Bonchev–Trinajstić information content (AvgIpc) is 2.79. The summed E-state index contributed by atoms with van der Waals surface area (Å²) in [5.41, 5.74) is 2.65. The van der Waals surface area contributed by atoms with Crippen LogP contribution in [0.3, 0.4) is 0 Å². The van der Waals surface area contributed by atoms with Crippen molar-refractivity contribution in [1.82, 2.24) is 4.90 Å². The van der Waals surface area contributed by atoms with Gasteiger partial charge in [-0.25, -0.2) is 0 Å². The SMILES string of the molecule is C(=C\C1CCN(Cc2ccccc2)CC1)/c1ccccc1OCC1CCCCC1. The van der Waals surface area contributed by atoms with Crippen LogP contribution in [-0.2, 0) is 6.54 Å². The fourth-order valence-corrected chi connectivity index (χ4v) is 4.70. The second kappa shape index (κ2) is 10.6. The predicted molar refractivity (Wildman–Crippen MR) is 122 cm³/mol. The second-order valence-electron chi connectivity index (χ2n) is 8.81. The van der Waals surface area contributed by atoms with Crippen LogP contribution in [0.2, 0.25) is 0 Å². The average molecular weight is 390 g/mol. The minimum Gasteiger partial charge on any atom is -0.493 e. The summed E-state index contributed by atoms with van der Waals surface area (Å²) in [7, 11) is 0. The first-order chi connectivity index (χ1) is 14.4. The van der Waals surface area contributed by atoms with Crippen LogP contribution < -0.4 is 4.74 Å². The summed E-state index contributed by atoms with van der Waals surface area (Å²) in [6, 6.07) is 19.4. The van der Waals surface area contributed by atoms with Gasteiger partial charge >= 0.3 is 0 Å². The minimum atomic E-state index is 0.674. The Bertz CT molecular complexity index is 755. The zero-order chi connectivity index (χ0) is 19.7. The van der Waals surface area contributed by atoms with Gasteiger partial charge in [0, 0.05) is 12.1 Å². The van der Waals surface area contributed by atoms with E-state index in [1.165, 1.54) is 69.2 Å². The van der Waals surface area contributed by atoms with Gasteiger partial charge in [0.15, 0.2) is 0 Å². The van der Waals surface area contributed by atoms with Crippen molar-refractivity contribution in [1.29, 1.82) is 0 Å². The topological polar surface area (TPSA) is 12.5 Å². The zero-order valence-corrected chi connectivity index (χ0v) is 17.6. The lowest BCUT2D eigenvalue weighted by molar-refractivity contribution is 0.196. The highest BCUT2D eigenvalue weighted by atomic mass is 16.5. The molecule has 2 fully saturated rings. The molecule has 29 heavy (non-hydrogen) atoms. The van der Waals surface area contributed by atoms with E-state index < -0.39 is 0 Å². The number of hydrogen-bond donors (Lipinski definition) is 0. The number of ether oxygens (including phenoxy) is 1. The van der Waals surface area contributed by atoms with Gasteiger partial charge in [0.25, 0.3) is 0 Å². The van der Waals surface area contributed by atoms with E-state index in [-0.39, 0.29) is 0 Å². The highest BCUT2D eigenvalue weighted by Gasteiger charge is 2.18. The molecule has 0 spiro atoms. The fourth-order valence-electron chi connectivity index (χ4n) is 4.70. The van der Waals surface area contributed by atoms with Gasteiger partial charge in [-0.05, 0) is 62.2 Å². The van der Waals surface area contributed by atoms with Gasteiger partial charge in [-0.2, -0.15) is 0 Å². The van der Waals surface area contributed by atoms with E-state index in [9.17, 15) is 0 Å². The van der Waals surface area contributed by atoms with Crippen LogP contribution >= 0.6 is 0 Å². The summed E-state index contributed by atoms with van der Waals surface area (Å²) in [4.78, 5) is 2.58. The molecule has 0 bridgehead atoms. The van der Waals surface area contributed by atoms with Crippen molar-refractivity contribution < 1.29 is 4.74 Å². The molecule has 1 saturated heterocycles. The number of piperidine rings is 1. The zero-order valence-electron chi connectivity index (χ0n) is 17.6. The van der Waals surface area contributed by atoms with E-state index in [0.29, 0.717) is 5.92 Å². The number of hydrogen-bond acceptors (Lipinski definition) is 2. The molecule has 1 saturated carbocycles. The van der Waals surface area contributed by atoms with Crippen LogP contribution in [0.15, 0.2) is 60.7 Å². The van der Waals surface area contributed by atoms with Gasteiger partial charge < -0.3 is 4.74 Å². The molecule has 0 unspecified atom stereocenters. The molecule has 0 atom stereocenters. The molecule has 1 heterocycles. The lowest BCUT2D eigenvalue weighted by Gasteiger charge is -2.30. The van der Waals surface area contributed by atoms with Crippen molar-refractivity contribution in [2.75, 3.05) is 19.7 Å². The minimum absolute atomic E-state index is 0.674. The second-order valence-corrected chi connectivity index (χ2v) is 8.81. The molecular formula is C27H35NO. The highest BCUT2D eigenvalue weighted by molar-refractivity contribution is 5.57. The van der Waals surface area contributed by atoms with Gasteiger partial charge in [-0.3, -0.25) is 4.90 Å². The molecule has 2 heteroatoms. The maximum Gasteiger partial charge on any atom is 0.126 e. The van der Waals surface area contributed by atoms with E-state index in [2.05, 4.69) is 71.6 Å². The van der Waals surface area contributed by atoms with E-state index in [0.717, 1.165) is 24.8 Å².